The fourth-order valence-electron chi connectivity index (χ4n) is 2.69. The number of nitrogens with one attached hydrogen (secondary N) is 1. The minimum Gasteiger partial charge on any atom is -0.252 e. The highest BCUT2D eigenvalue weighted by Gasteiger charge is 2.21. The van der Waals surface area contributed by atoms with Crippen LogP contribution in [0, 0.1) is 5.92 Å². The first-order chi connectivity index (χ1) is 7.38. The number of hydrogen-bond donors (Lipinski definition) is 1. The molecule has 2 unspecified atom stereocenters. The van der Waals surface area contributed by atoms with E-state index >= 15 is 0 Å². The summed E-state index contributed by atoms with van der Waals surface area (Å²) in [5, 5.41) is 0. The van der Waals surface area contributed by atoms with Crippen LogP contribution in [0.25, 0.3) is 0 Å². The van der Waals surface area contributed by atoms with Gasteiger partial charge in [-0.15, -0.1) is 0 Å². The van der Waals surface area contributed by atoms with Gasteiger partial charge in [-0.2, -0.15) is 0 Å². The average molecular weight is 228 g/mol. The predicted molar refractivity (Wildman–Crippen MR) is 68.3 cm³/mol. The molecule has 2 nitrogen and oxygen atoms in total. The number of nitrogens with zero attached hydrogens (tertiary/aromatic N) is 1. The summed E-state index contributed by atoms with van der Waals surface area (Å²) >= 11 is 0. The van der Waals surface area contributed by atoms with Gasteiger partial charge in [0.2, 0.25) is 0 Å². The van der Waals surface area contributed by atoms with Gasteiger partial charge >= 0.3 is 0 Å². The van der Waals surface area contributed by atoms with Crippen LogP contribution in [-0.4, -0.2) is 23.5 Å². The van der Waals surface area contributed by atoms with Gasteiger partial charge in [-0.25, -0.2) is 4.78 Å². The quantitative estimate of drug-likeness (QED) is 0.744. The molecule has 0 bridgehead atoms. The Morgan fingerprint density at radius 2 is 2.00 bits per heavy atom. The molecule has 15 heavy (non-hydrogen) atoms. The predicted octanol–water partition coefficient (Wildman–Crippen LogP) is 3.15. The van der Waals surface area contributed by atoms with Crippen LogP contribution in [0.3, 0.4) is 0 Å². The molecule has 88 valence electrons. The Morgan fingerprint density at radius 1 is 1.20 bits per heavy atom. The molecule has 0 aromatic carbocycles. The van der Waals surface area contributed by atoms with Crippen LogP contribution in [-0.2, 0) is 0 Å². The molecule has 0 aromatic rings. The summed E-state index contributed by atoms with van der Waals surface area (Å²) in [5.41, 5.74) is 4.64. The lowest BCUT2D eigenvalue weighted by atomic mass is 9.89. The van der Waals surface area contributed by atoms with Crippen molar-refractivity contribution in [3.63, 3.8) is 0 Å². The maximum absolute atomic E-state index is 3.66. The summed E-state index contributed by atoms with van der Waals surface area (Å²) in [5.74, 6) is 0.962. The standard InChI is InChI=1S/C12H25N2P/c1-2-12-8-9-14(15-12)13-10-11-6-4-3-5-7-11/h11-13,15H,2-10H2,1H3. The minimum atomic E-state index is 0.962. The zero-order valence-corrected chi connectivity index (χ0v) is 11.0. The number of hydrogen-bond acceptors (Lipinski definition) is 2. The molecule has 2 aliphatic rings. The van der Waals surface area contributed by atoms with Gasteiger partial charge < -0.3 is 0 Å². The lowest BCUT2D eigenvalue weighted by molar-refractivity contribution is 0.275. The van der Waals surface area contributed by atoms with Gasteiger partial charge in [0.1, 0.15) is 0 Å². The summed E-state index contributed by atoms with van der Waals surface area (Å²) in [7, 11) is 1.03. The van der Waals surface area contributed by atoms with E-state index in [2.05, 4.69) is 17.1 Å². The van der Waals surface area contributed by atoms with Crippen LogP contribution in [0.1, 0.15) is 51.9 Å². The van der Waals surface area contributed by atoms with Gasteiger partial charge in [-0.1, -0.05) is 26.2 Å². The fraction of sp³-hybridized carbons (Fsp3) is 1.00. The summed E-state index contributed by atoms with van der Waals surface area (Å²) in [6.07, 6.45) is 10.1. The summed E-state index contributed by atoms with van der Waals surface area (Å²) < 4.78 is 2.49. The molecule has 3 heteroatoms. The first-order valence-corrected chi connectivity index (χ1v) is 7.68. The fourth-order valence-corrected chi connectivity index (χ4v) is 4.01. The van der Waals surface area contributed by atoms with E-state index in [1.165, 1.54) is 58.0 Å². The highest BCUT2D eigenvalue weighted by molar-refractivity contribution is 7.36. The molecule has 1 aliphatic heterocycles. The van der Waals surface area contributed by atoms with E-state index in [4.69, 9.17) is 0 Å². The summed E-state index contributed by atoms with van der Waals surface area (Å²) in [6.45, 7) is 4.84. The highest BCUT2D eigenvalue weighted by atomic mass is 31.1. The van der Waals surface area contributed by atoms with E-state index in [0.717, 1.165) is 20.3 Å². The van der Waals surface area contributed by atoms with Crippen molar-refractivity contribution in [2.75, 3.05) is 13.1 Å². The molecule has 1 saturated heterocycles. The molecule has 2 atom stereocenters. The van der Waals surface area contributed by atoms with Gasteiger partial charge in [-0.05, 0) is 46.0 Å². The van der Waals surface area contributed by atoms with Crippen molar-refractivity contribution in [1.29, 1.82) is 0 Å². The lowest BCUT2D eigenvalue weighted by Gasteiger charge is -2.25. The Labute approximate surface area is 96.0 Å². The van der Waals surface area contributed by atoms with Crippen molar-refractivity contribution in [1.82, 2.24) is 10.2 Å². The van der Waals surface area contributed by atoms with E-state index in [1.54, 1.807) is 0 Å². The van der Waals surface area contributed by atoms with Crippen molar-refractivity contribution in [2.24, 2.45) is 5.92 Å². The van der Waals surface area contributed by atoms with Crippen molar-refractivity contribution in [3.8, 4) is 0 Å². The summed E-state index contributed by atoms with van der Waals surface area (Å²) in [4.78, 5) is 0. The molecule has 0 radical (unpaired) electrons. The number of hydrazine groups is 1. The molecule has 0 aromatic heterocycles. The molecule has 1 N–H and O–H groups in total. The lowest BCUT2D eigenvalue weighted by Crippen LogP contribution is -2.34. The average Bonchev–Trinajstić information content (AvgIpc) is 2.76. The van der Waals surface area contributed by atoms with Crippen LogP contribution in [0.15, 0.2) is 0 Å². The van der Waals surface area contributed by atoms with Gasteiger partial charge in [0.15, 0.2) is 0 Å². The maximum Gasteiger partial charge on any atom is 0.0175 e. The molecule has 1 aliphatic carbocycles. The highest BCUT2D eigenvalue weighted by Crippen LogP contribution is 2.35. The third-order valence-electron chi connectivity index (χ3n) is 3.83. The van der Waals surface area contributed by atoms with E-state index in [-0.39, 0.29) is 0 Å². The van der Waals surface area contributed by atoms with Crippen LogP contribution < -0.4 is 5.43 Å². The van der Waals surface area contributed by atoms with Crippen LogP contribution in [0.5, 0.6) is 0 Å². The van der Waals surface area contributed by atoms with E-state index < -0.39 is 0 Å². The minimum absolute atomic E-state index is 0.962. The third kappa shape index (κ3) is 3.69. The smallest absolute Gasteiger partial charge is 0.0175 e. The van der Waals surface area contributed by atoms with Gasteiger partial charge in [-0.3, -0.25) is 5.43 Å². The monoisotopic (exact) mass is 228 g/mol. The molecule has 1 heterocycles. The summed E-state index contributed by atoms with van der Waals surface area (Å²) in [6, 6.07) is 0. The molecular formula is C12H25N2P. The van der Waals surface area contributed by atoms with E-state index in [9.17, 15) is 0 Å². The van der Waals surface area contributed by atoms with Crippen molar-refractivity contribution in [3.05, 3.63) is 0 Å². The second-order valence-corrected chi connectivity index (χ2v) is 6.66. The van der Waals surface area contributed by atoms with Crippen molar-refractivity contribution in [2.45, 2.75) is 57.5 Å². The van der Waals surface area contributed by atoms with Gasteiger partial charge in [0.05, 0.1) is 0 Å². The van der Waals surface area contributed by atoms with Crippen molar-refractivity contribution < 1.29 is 0 Å². The molecule has 0 spiro atoms. The zero-order valence-electron chi connectivity index (χ0n) is 9.97. The van der Waals surface area contributed by atoms with Gasteiger partial charge in [0.25, 0.3) is 0 Å². The topological polar surface area (TPSA) is 15.3 Å². The van der Waals surface area contributed by atoms with Crippen LogP contribution >= 0.6 is 8.73 Å². The Hall–Kier alpha value is 0.350. The Morgan fingerprint density at radius 3 is 2.67 bits per heavy atom. The Balaban J connectivity index is 1.61. The maximum atomic E-state index is 3.66. The third-order valence-corrected chi connectivity index (χ3v) is 5.58. The number of rotatable bonds is 4. The van der Waals surface area contributed by atoms with E-state index in [0.29, 0.717) is 0 Å². The normalized spacial score (nSPS) is 31.4. The second kappa shape index (κ2) is 6.18. The molecular weight excluding hydrogens is 203 g/mol. The molecule has 0 amide bonds. The second-order valence-electron chi connectivity index (χ2n) is 5.04. The molecule has 1 saturated carbocycles. The SMILES string of the molecule is CCC1CCN(NCC2CCCCC2)P1. The Kier molecular flexibility index (Phi) is 4.87. The van der Waals surface area contributed by atoms with Gasteiger partial charge in [0, 0.05) is 13.1 Å². The first kappa shape index (κ1) is 11.8. The first-order valence-electron chi connectivity index (χ1n) is 6.65. The van der Waals surface area contributed by atoms with Crippen LogP contribution in [0.4, 0.5) is 0 Å². The van der Waals surface area contributed by atoms with Crippen molar-refractivity contribution >= 4 is 8.73 Å². The van der Waals surface area contributed by atoms with E-state index in [1.807, 2.05) is 0 Å². The van der Waals surface area contributed by atoms with Crippen LogP contribution in [0.2, 0.25) is 0 Å². The largest absolute Gasteiger partial charge is 0.252 e. The zero-order chi connectivity index (χ0) is 10.5. The molecule has 2 fully saturated rings. The Bertz CT molecular complexity index is 180. The molecule has 2 rings (SSSR count).